The van der Waals surface area contributed by atoms with Crippen LogP contribution in [0.5, 0.6) is 0 Å². The summed E-state index contributed by atoms with van der Waals surface area (Å²) in [6.07, 6.45) is 0.861. The maximum Gasteiger partial charge on any atom is 0.0598 e. The van der Waals surface area contributed by atoms with Crippen molar-refractivity contribution < 1.29 is 5.11 Å². The zero-order valence-electron chi connectivity index (χ0n) is 7.70. The highest BCUT2D eigenvalue weighted by atomic mass is 35.5. The van der Waals surface area contributed by atoms with Crippen molar-refractivity contribution in [2.45, 2.75) is 18.5 Å². The Kier molecular flexibility index (Phi) is 3.03. The van der Waals surface area contributed by atoms with Gasteiger partial charge in [-0.25, -0.2) is 5.43 Å². The average Bonchev–Trinajstić information content (AvgIpc) is 2.67. The van der Waals surface area contributed by atoms with E-state index in [4.69, 9.17) is 16.7 Å². The first-order valence-electron chi connectivity index (χ1n) is 4.67. The van der Waals surface area contributed by atoms with Gasteiger partial charge in [-0.05, 0) is 18.1 Å². The zero-order valence-corrected chi connectivity index (χ0v) is 8.46. The van der Waals surface area contributed by atoms with Gasteiger partial charge in [-0.2, -0.15) is 0 Å². The summed E-state index contributed by atoms with van der Waals surface area (Å²) < 4.78 is 0. The van der Waals surface area contributed by atoms with Crippen molar-refractivity contribution in [1.82, 2.24) is 10.9 Å². The molecule has 1 heterocycles. The standard InChI is InChI=1S/C10H13ClN2O/c11-9-4-2-1-3-8(9)10-5-7(6-14)12-13-10/h1-4,7,10,12-14H,5-6H2. The summed E-state index contributed by atoms with van der Waals surface area (Å²) in [4.78, 5) is 0. The van der Waals surface area contributed by atoms with E-state index in [1.54, 1.807) is 0 Å². The lowest BCUT2D eigenvalue weighted by molar-refractivity contribution is 0.251. The van der Waals surface area contributed by atoms with E-state index in [1.165, 1.54) is 0 Å². The smallest absolute Gasteiger partial charge is 0.0598 e. The minimum absolute atomic E-state index is 0.122. The fourth-order valence-corrected chi connectivity index (χ4v) is 1.97. The molecule has 1 aromatic rings. The van der Waals surface area contributed by atoms with Crippen molar-refractivity contribution in [2.75, 3.05) is 6.61 Å². The Morgan fingerprint density at radius 2 is 2.14 bits per heavy atom. The van der Waals surface area contributed by atoms with E-state index in [9.17, 15) is 0 Å². The summed E-state index contributed by atoms with van der Waals surface area (Å²) in [5.74, 6) is 0. The van der Waals surface area contributed by atoms with E-state index in [2.05, 4.69) is 10.9 Å². The molecule has 0 amide bonds. The van der Waals surface area contributed by atoms with E-state index in [1.807, 2.05) is 24.3 Å². The van der Waals surface area contributed by atoms with Gasteiger partial charge in [0, 0.05) is 17.1 Å². The Morgan fingerprint density at radius 1 is 1.36 bits per heavy atom. The molecular weight excluding hydrogens is 200 g/mol. The molecule has 1 aliphatic heterocycles. The van der Waals surface area contributed by atoms with Crippen LogP contribution in [0.15, 0.2) is 24.3 Å². The highest BCUT2D eigenvalue weighted by molar-refractivity contribution is 6.31. The number of aliphatic hydroxyl groups excluding tert-OH is 1. The summed E-state index contributed by atoms with van der Waals surface area (Å²) in [5.41, 5.74) is 7.22. The largest absolute Gasteiger partial charge is 0.395 e. The predicted octanol–water partition coefficient (Wildman–Crippen LogP) is 1.24. The lowest BCUT2D eigenvalue weighted by Crippen LogP contribution is -2.32. The van der Waals surface area contributed by atoms with Crippen LogP contribution in [0.25, 0.3) is 0 Å². The second kappa shape index (κ2) is 4.28. The Morgan fingerprint density at radius 3 is 2.79 bits per heavy atom. The molecule has 0 aromatic heterocycles. The van der Waals surface area contributed by atoms with E-state index in [0.717, 1.165) is 17.0 Å². The quantitative estimate of drug-likeness (QED) is 0.691. The first-order valence-corrected chi connectivity index (χ1v) is 5.05. The number of rotatable bonds is 2. The van der Waals surface area contributed by atoms with Gasteiger partial charge in [-0.15, -0.1) is 0 Å². The minimum atomic E-state index is 0.122. The Labute approximate surface area is 88.1 Å². The maximum absolute atomic E-state index is 8.96. The molecule has 2 rings (SSSR count). The lowest BCUT2D eigenvalue weighted by Gasteiger charge is -2.10. The molecule has 2 atom stereocenters. The molecular formula is C10H13ClN2O. The average molecular weight is 213 g/mol. The monoisotopic (exact) mass is 212 g/mol. The molecule has 3 nitrogen and oxygen atoms in total. The molecule has 4 heteroatoms. The van der Waals surface area contributed by atoms with Crippen LogP contribution in [-0.2, 0) is 0 Å². The third-order valence-corrected chi connectivity index (χ3v) is 2.83. The number of hydrogen-bond donors (Lipinski definition) is 3. The van der Waals surface area contributed by atoms with Gasteiger partial charge in [-0.1, -0.05) is 29.8 Å². The number of hydrogen-bond acceptors (Lipinski definition) is 3. The van der Waals surface area contributed by atoms with Crippen LogP contribution in [0, 0.1) is 0 Å². The first kappa shape index (κ1) is 9.93. The third kappa shape index (κ3) is 1.91. The number of benzene rings is 1. The van der Waals surface area contributed by atoms with Crippen molar-refractivity contribution >= 4 is 11.6 Å². The maximum atomic E-state index is 8.96. The summed E-state index contributed by atoms with van der Waals surface area (Å²) in [6, 6.07) is 8.08. The van der Waals surface area contributed by atoms with E-state index in [0.29, 0.717) is 0 Å². The second-order valence-electron chi connectivity index (χ2n) is 3.48. The summed E-state index contributed by atoms with van der Waals surface area (Å²) in [6.45, 7) is 0.147. The molecule has 1 saturated heterocycles. The molecule has 1 aromatic carbocycles. The van der Waals surface area contributed by atoms with Crippen molar-refractivity contribution in [2.24, 2.45) is 0 Å². The van der Waals surface area contributed by atoms with E-state index in [-0.39, 0.29) is 18.7 Å². The van der Waals surface area contributed by atoms with Crippen LogP contribution in [-0.4, -0.2) is 17.8 Å². The predicted molar refractivity (Wildman–Crippen MR) is 56.0 cm³/mol. The summed E-state index contributed by atoms with van der Waals surface area (Å²) >= 11 is 6.06. The molecule has 1 aliphatic rings. The van der Waals surface area contributed by atoms with Crippen LogP contribution in [0.2, 0.25) is 5.02 Å². The number of halogens is 1. The van der Waals surface area contributed by atoms with Gasteiger partial charge < -0.3 is 5.11 Å². The molecule has 0 bridgehead atoms. The Hall–Kier alpha value is -0.610. The fraction of sp³-hybridized carbons (Fsp3) is 0.400. The van der Waals surface area contributed by atoms with Crippen LogP contribution in [0.1, 0.15) is 18.0 Å². The molecule has 3 N–H and O–H groups in total. The molecule has 1 fully saturated rings. The van der Waals surface area contributed by atoms with Crippen molar-refractivity contribution in [3.63, 3.8) is 0 Å². The van der Waals surface area contributed by atoms with Crippen LogP contribution >= 0.6 is 11.6 Å². The van der Waals surface area contributed by atoms with Gasteiger partial charge in [-0.3, -0.25) is 5.43 Å². The summed E-state index contributed by atoms with van der Waals surface area (Å²) in [7, 11) is 0. The van der Waals surface area contributed by atoms with Gasteiger partial charge >= 0.3 is 0 Å². The van der Waals surface area contributed by atoms with Gasteiger partial charge in [0.05, 0.1) is 6.61 Å². The molecule has 0 spiro atoms. The van der Waals surface area contributed by atoms with Crippen LogP contribution in [0.3, 0.4) is 0 Å². The highest BCUT2D eigenvalue weighted by Gasteiger charge is 2.25. The second-order valence-corrected chi connectivity index (χ2v) is 3.89. The molecule has 0 aliphatic carbocycles. The highest BCUT2D eigenvalue weighted by Crippen LogP contribution is 2.27. The minimum Gasteiger partial charge on any atom is -0.395 e. The van der Waals surface area contributed by atoms with E-state index < -0.39 is 0 Å². The Balaban J connectivity index is 2.13. The molecule has 0 radical (unpaired) electrons. The number of hydrazine groups is 1. The lowest BCUT2D eigenvalue weighted by atomic mass is 10.0. The third-order valence-electron chi connectivity index (χ3n) is 2.48. The Bertz CT molecular complexity index is 319. The topological polar surface area (TPSA) is 44.3 Å². The van der Waals surface area contributed by atoms with Crippen LogP contribution < -0.4 is 10.9 Å². The molecule has 0 saturated carbocycles. The summed E-state index contributed by atoms with van der Waals surface area (Å²) in [5, 5.41) is 9.73. The van der Waals surface area contributed by atoms with Crippen molar-refractivity contribution in [3.8, 4) is 0 Å². The van der Waals surface area contributed by atoms with Gasteiger partial charge in [0.1, 0.15) is 0 Å². The van der Waals surface area contributed by atoms with Crippen molar-refractivity contribution in [1.29, 1.82) is 0 Å². The molecule has 14 heavy (non-hydrogen) atoms. The van der Waals surface area contributed by atoms with Gasteiger partial charge in [0.2, 0.25) is 0 Å². The molecule has 2 unspecified atom stereocenters. The zero-order chi connectivity index (χ0) is 9.97. The van der Waals surface area contributed by atoms with Crippen LogP contribution in [0.4, 0.5) is 0 Å². The SMILES string of the molecule is OCC1CC(c2ccccc2Cl)NN1. The first-order chi connectivity index (χ1) is 6.81. The van der Waals surface area contributed by atoms with E-state index >= 15 is 0 Å². The number of nitrogens with one attached hydrogen (secondary N) is 2. The van der Waals surface area contributed by atoms with Gasteiger partial charge in [0.15, 0.2) is 0 Å². The molecule has 76 valence electrons. The normalized spacial score (nSPS) is 26.7. The number of aliphatic hydroxyl groups is 1. The van der Waals surface area contributed by atoms with Gasteiger partial charge in [0.25, 0.3) is 0 Å². The van der Waals surface area contributed by atoms with Crippen molar-refractivity contribution in [3.05, 3.63) is 34.9 Å². The fourth-order valence-electron chi connectivity index (χ4n) is 1.70.